The number of anilines is 1. The first-order valence-corrected chi connectivity index (χ1v) is 9.01. The SMILES string of the molecule is CS(=O)(=O)CS(=O)(=O)Nc1ccc(C#CCN)cc1F. The quantitative estimate of drug-likeness (QED) is 0.752. The number of hydrogen-bond acceptors (Lipinski definition) is 5. The third-order valence-electron chi connectivity index (χ3n) is 1.94. The first-order chi connectivity index (χ1) is 9.13. The second kappa shape index (κ2) is 6.21. The Bertz CT molecular complexity index is 761. The number of sulfonamides is 1. The van der Waals surface area contributed by atoms with Gasteiger partial charge in [-0.15, -0.1) is 0 Å². The minimum Gasteiger partial charge on any atom is -0.320 e. The molecule has 0 saturated carbocycles. The van der Waals surface area contributed by atoms with E-state index in [9.17, 15) is 21.2 Å². The zero-order chi connectivity index (χ0) is 15.4. The number of nitrogens with one attached hydrogen (secondary N) is 1. The third kappa shape index (κ3) is 5.56. The van der Waals surface area contributed by atoms with E-state index in [-0.39, 0.29) is 12.2 Å². The minimum absolute atomic E-state index is 0.115. The van der Waals surface area contributed by atoms with Crippen LogP contribution in [-0.4, -0.2) is 34.7 Å². The molecule has 0 aromatic heterocycles. The molecular weight excluding hydrogens is 307 g/mol. The van der Waals surface area contributed by atoms with Gasteiger partial charge in [0, 0.05) is 11.8 Å². The van der Waals surface area contributed by atoms with Crippen molar-refractivity contribution < 1.29 is 21.2 Å². The van der Waals surface area contributed by atoms with E-state index in [1.165, 1.54) is 6.07 Å². The van der Waals surface area contributed by atoms with Gasteiger partial charge in [0.1, 0.15) is 5.82 Å². The highest BCUT2D eigenvalue weighted by Gasteiger charge is 2.19. The summed E-state index contributed by atoms with van der Waals surface area (Å²) in [6, 6.07) is 3.58. The molecule has 0 spiro atoms. The molecule has 3 N–H and O–H groups in total. The summed E-state index contributed by atoms with van der Waals surface area (Å²) in [6.07, 6.45) is 0.772. The Morgan fingerprint density at radius 3 is 2.45 bits per heavy atom. The fourth-order valence-electron chi connectivity index (χ4n) is 1.31. The smallest absolute Gasteiger partial charge is 0.247 e. The van der Waals surface area contributed by atoms with Crippen molar-refractivity contribution in [2.24, 2.45) is 5.73 Å². The van der Waals surface area contributed by atoms with Crippen LogP contribution in [0.5, 0.6) is 0 Å². The van der Waals surface area contributed by atoms with Crippen molar-refractivity contribution in [1.29, 1.82) is 0 Å². The van der Waals surface area contributed by atoms with Crippen LogP contribution in [-0.2, 0) is 19.9 Å². The van der Waals surface area contributed by atoms with Gasteiger partial charge in [0.05, 0.1) is 12.2 Å². The summed E-state index contributed by atoms with van der Waals surface area (Å²) in [4.78, 5) is 0. The summed E-state index contributed by atoms with van der Waals surface area (Å²) in [5, 5.41) is -1.12. The summed E-state index contributed by atoms with van der Waals surface area (Å²) in [6.45, 7) is 0.115. The normalized spacial score (nSPS) is 11.6. The van der Waals surface area contributed by atoms with Crippen molar-refractivity contribution in [3.63, 3.8) is 0 Å². The maximum absolute atomic E-state index is 13.7. The summed E-state index contributed by atoms with van der Waals surface area (Å²) < 4.78 is 60.5. The Morgan fingerprint density at radius 2 is 1.95 bits per heavy atom. The monoisotopic (exact) mass is 320 g/mol. The van der Waals surface area contributed by atoms with Crippen LogP contribution in [0.15, 0.2) is 18.2 Å². The molecule has 0 bridgehead atoms. The fourth-order valence-corrected chi connectivity index (χ4v) is 4.30. The maximum Gasteiger partial charge on any atom is 0.247 e. The van der Waals surface area contributed by atoms with Gasteiger partial charge in [-0.2, -0.15) is 0 Å². The van der Waals surface area contributed by atoms with E-state index in [2.05, 4.69) is 11.8 Å². The Morgan fingerprint density at radius 1 is 1.30 bits per heavy atom. The summed E-state index contributed by atoms with van der Waals surface area (Å²) in [5.74, 6) is 4.25. The molecule has 0 saturated heterocycles. The molecule has 20 heavy (non-hydrogen) atoms. The van der Waals surface area contributed by atoms with E-state index in [0.717, 1.165) is 18.4 Å². The Hall–Kier alpha value is -1.63. The highest BCUT2D eigenvalue weighted by molar-refractivity contribution is 8.08. The van der Waals surface area contributed by atoms with Crippen LogP contribution in [0.3, 0.4) is 0 Å². The van der Waals surface area contributed by atoms with Crippen molar-refractivity contribution in [3.8, 4) is 11.8 Å². The van der Waals surface area contributed by atoms with E-state index >= 15 is 0 Å². The van der Waals surface area contributed by atoms with Crippen molar-refractivity contribution in [3.05, 3.63) is 29.6 Å². The van der Waals surface area contributed by atoms with Crippen molar-refractivity contribution in [1.82, 2.24) is 0 Å². The van der Waals surface area contributed by atoms with Crippen molar-refractivity contribution >= 4 is 25.5 Å². The minimum atomic E-state index is -4.18. The van der Waals surface area contributed by atoms with Gasteiger partial charge >= 0.3 is 0 Å². The third-order valence-corrected chi connectivity index (χ3v) is 5.42. The molecule has 0 unspecified atom stereocenters. The fraction of sp³-hybridized carbons (Fsp3) is 0.273. The number of halogens is 1. The van der Waals surface area contributed by atoms with Gasteiger partial charge in [0.25, 0.3) is 0 Å². The van der Waals surface area contributed by atoms with Crippen molar-refractivity contribution in [2.75, 3.05) is 22.6 Å². The second-order valence-corrected chi connectivity index (χ2v) is 8.19. The predicted octanol–water partition coefficient (Wildman–Crippen LogP) is -0.120. The zero-order valence-electron chi connectivity index (χ0n) is 10.6. The number of nitrogens with two attached hydrogens (primary N) is 1. The number of benzene rings is 1. The van der Waals surface area contributed by atoms with Crippen LogP contribution in [0.1, 0.15) is 5.56 Å². The zero-order valence-corrected chi connectivity index (χ0v) is 12.2. The van der Waals surface area contributed by atoms with Gasteiger partial charge in [0.15, 0.2) is 14.9 Å². The molecule has 0 fully saturated rings. The van der Waals surface area contributed by atoms with E-state index in [1.807, 2.05) is 4.72 Å². The van der Waals surface area contributed by atoms with Crippen LogP contribution >= 0.6 is 0 Å². The number of sulfone groups is 1. The Labute approximate surface area is 117 Å². The molecule has 110 valence electrons. The molecule has 0 heterocycles. The van der Waals surface area contributed by atoms with Gasteiger partial charge in [-0.1, -0.05) is 11.8 Å². The highest BCUT2D eigenvalue weighted by atomic mass is 32.3. The lowest BCUT2D eigenvalue weighted by atomic mass is 10.2. The molecule has 0 atom stereocenters. The van der Waals surface area contributed by atoms with E-state index in [0.29, 0.717) is 5.56 Å². The molecule has 0 radical (unpaired) electrons. The largest absolute Gasteiger partial charge is 0.320 e. The summed E-state index contributed by atoms with van der Waals surface area (Å²) in [7, 11) is -7.92. The molecule has 0 aliphatic carbocycles. The van der Waals surface area contributed by atoms with Crippen LogP contribution in [0.4, 0.5) is 10.1 Å². The lowest BCUT2D eigenvalue weighted by Gasteiger charge is -2.08. The Balaban J connectivity index is 3.00. The first kappa shape index (κ1) is 16.4. The summed E-state index contributed by atoms with van der Waals surface area (Å²) in [5.41, 5.74) is 5.16. The highest BCUT2D eigenvalue weighted by Crippen LogP contribution is 2.17. The van der Waals surface area contributed by atoms with Gasteiger partial charge < -0.3 is 5.73 Å². The maximum atomic E-state index is 13.7. The lowest BCUT2D eigenvalue weighted by Crippen LogP contribution is -2.22. The van der Waals surface area contributed by atoms with Crippen LogP contribution in [0.25, 0.3) is 0 Å². The predicted molar refractivity (Wildman–Crippen MR) is 74.6 cm³/mol. The standard InChI is InChI=1S/C11H13FN2O4S2/c1-19(15,16)8-20(17,18)14-11-5-4-9(3-2-6-13)7-10(11)12/h4-5,7,14H,6,8,13H2,1H3. The molecule has 1 aromatic carbocycles. The van der Waals surface area contributed by atoms with Gasteiger partial charge in [-0.05, 0) is 18.2 Å². The Kier molecular flexibility index (Phi) is 5.10. The van der Waals surface area contributed by atoms with Gasteiger partial charge in [-0.25, -0.2) is 21.2 Å². The van der Waals surface area contributed by atoms with Crippen LogP contribution < -0.4 is 10.5 Å². The average molecular weight is 320 g/mol. The first-order valence-electron chi connectivity index (χ1n) is 5.30. The molecule has 1 aromatic rings. The molecule has 6 nitrogen and oxygen atoms in total. The second-order valence-electron chi connectivity index (χ2n) is 3.96. The van der Waals surface area contributed by atoms with Gasteiger partial charge in [0.2, 0.25) is 10.0 Å². The molecule has 0 aliphatic rings. The van der Waals surface area contributed by atoms with E-state index < -0.39 is 30.8 Å². The summed E-state index contributed by atoms with van der Waals surface area (Å²) >= 11 is 0. The molecule has 0 aliphatic heterocycles. The number of rotatable bonds is 4. The molecule has 0 amide bonds. The van der Waals surface area contributed by atoms with Crippen LogP contribution in [0.2, 0.25) is 0 Å². The molecular formula is C11H13FN2O4S2. The topological polar surface area (TPSA) is 106 Å². The van der Waals surface area contributed by atoms with Crippen molar-refractivity contribution in [2.45, 2.75) is 0 Å². The van der Waals surface area contributed by atoms with Crippen LogP contribution in [0, 0.1) is 17.7 Å². The van der Waals surface area contributed by atoms with E-state index in [4.69, 9.17) is 5.73 Å². The number of hydrogen-bond donors (Lipinski definition) is 2. The molecule has 9 heteroatoms. The average Bonchev–Trinajstić information content (AvgIpc) is 2.26. The van der Waals surface area contributed by atoms with Gasteiger partial charge in [-0.3, -0.25) is 4.72 Å². The van der Waals surface area contributed by atoms with E-state index in [1.54, 1.807) is 0 Å². The lowest BCUT2D eigenvalue weighted by molar-refractivity contribution is 0.593. The molecule has 1 rings (SSSR count).